The van der Waals surface area contributed by atoms with Crippen molar-refractivity contribution in [3.63, 3.8) is 0 Å². The lowest BCUT2D eigenvalue weighted by Crippen LogP contribution is -2.09. The average Bonchev–Trinajstić information content (AvgIpc) is 2.44. The zero-order valence-corrected chi connectivity index (χ0v) is 12.4. The summed E-state index contributed by atoms with van der Waals surface area (Å²) >= 11 is 0. The van der Waals surface area contributed by atoms with Crippen LogP contribution in [0.3, 0.4) is 0 Å². The molecule has 0 radical (unpaired) electrons. The Kier molecular flexibility index (Phi) is 4.93. The maximum absolute atomic E-state index is 4.48. The van der Waals surface area contributed by atoms with E-state index in [1.165, 1.54) is 11.1 Å². The maximum Gasteiger partial charge on any atom is 0.225 e. The van der Waals surface area contributed by atoms with Gasteiger partial charge in [-0.3, -0.25) is 0 Å². The van der Waals surface area contributed by atoms with Crippen LogP contribution in [0.15, 0.2) is 30.3 Å². The third kappa shape index (κ3) is 3.95. The smallest absolute Gasteiger partial charge is 0.225 e. The van der Waals surface area contributed by atoms with Gasteiger partial charge < -0.3 is 10.6 Å². The molecule has 0 aliphatic carbocycles. The summed E-state index contributed by atoms with van der Waals surface area (Å²) in [5.41, 5.74) is 3.50. The molecule has 0 aliphatic rings. The van der Waals surface area contributed by atoms with E-state index in [1.54, 1.807) is 0 Å². The van der Waals surface area contributed by atoms with E-state index < -0.39 is 0 Å². The molecule has 106 valence electrons. The van der Waals surface area contributed by atoms with Gasteiger partial charge in [0.25, 0.3) is 0 Å². The Labute approximate surface area is 120 Å². The van der Waals surface area contributed by atoms with Crippen molar-refractivity contribution in [2.24, 2.45) is 0 Å². The zero-order chi connectivity index (χ0) is 14.4. The highest BCUT2D eigenvalue weighted by Gasteiger charge is 2.03. The Morgan fingerprint density at radius 1 is 1.05 bits per heavy atom. The molecule has 4 nitrogen and oxygen atoms in total. The summed E-state index contributed by atoms with van der Waals surface area (Å²) in [6, 6.07) is 10.3. The van der Waals surface area contributed by atoms with E-state index in [4.69, 9.17) is 0 Å². The van der Waals surface area contributed by atoms with Crippen LogP contribution in [0, 0.1) is 13.8 Å². The van der Waals surface area contributed by atoms with Crippen molar-refractivity contribution in [1.82, 2.24) is 9.97 Å². The highest BCUT2D eigenvalue weighted by molar-refractivity contribution is 5.42. The summed E-state index contributed by atoms with van der Waals surface area (Å²) in [7, 11) is 0. The first kappa shape index (κ1) is 14.3. The first-order valence-corrected chi connectivity index (χ1v) is 7.07. The Balaban J connectivity index is 2.05. The Bertz CT molecular complexity index is 566. The van der Waals surface area contributed by atoms with Gasteiger partial charge in [-0.2, -0.15) is 4.98 Å². The summed E-state index contributed by atoms with van der Waals surface area (Å²) in [5, 5.41) is 6.59. The second-order valence-electron chi connectivity index (χ2n) is 4.92. The number of hydrogen-bond acceptors (Lipinski definition) is 4. The van der Waals surface area contributed by atoms with Crippen LogP contribution in [0.25, 0.3) is 0 Å². The number of rotatable bonds is 6. The quantitative estimate of drug-likeness (QED) is 0.843. The Morgan fingerprint density at radius 3 is 2.60 bits per heavy atom. The van der Waals surface area contributed by atoms with Gasteiger partial charge in [-0.05, 0) is 31.4 Å². The van der Waals surface area contributed by atoms with Crippen LogP contribution >= 0.6 is 0 Å². The minimum Gasteiger partial charge on any atom is -0.370 e. The van der Waals surface area contributed by atoms with E-state index in [0.717, 1.165) is 31.0 Å². The molecule has 0 aliphatic heterocycles. The van der Waals surface area contributed by atoms with Crippen molar-refractivity contribution in [2.75, 3.05) is 17.2 Å². The van der Waals surface area contributed by atoms with Crippen molar-refractivity contribution < 1.29 is 0 Å². The lowest BCUT2D eigenvalue weighted by molar-refractivity contribution is 0.955. The molecule has 0 saturated heterocycles. The highest BCUT2D eigenvalue weighted by atomic mass is 15.1. The van der Waals surface area contributed by atoms with E-state index in [-0.39, 0.29) is 0 Å². The molecule has 0 atom stereocenters. The Morgan fingerprint density at radius 2 is 1.85 bits per heavy atom. The summed E-state index contributed by atoms with van der Waals surface area (Å²) in [4.78, 5) is 8.91. The first-order valence-electron chi connectivity index (χ1n) is 7.07. The monoisotopic (exact) mass is 270 g/mol. The number of hydrogen-bond donors (Lipinski definition) is 2. The lowest BCUT2D eigenvalue weighted by atomic mass is 10.1. The van der Waals surface area contributed by atoms with Gasteiger partial charge >= 0.3 is 0 Å². The van der Waals surface area contributed by atoms with Crippen LogP contribution < -0.4 is 10.6 Å². The van der Waals surface area contributed by atoms with Gasteiger partial charge in [-0.15, -0.1) is 0 Å². The van der Waals surface area contributed by atoms with Crippen molar-refractivity contribution in [2.45, 2.75) is 33.7 Å². The molecule has 1 heterocycles. The fourth-order valence-electron chi connectivity index (χ4n) is 1.97. The van der Waals surface area contributed by atoms with Crippen molar-refractivity contribution in [1.29, 1.82) is 0 Å². The number of nitrogens with zero attached hydrogens (tertiary/aromatic N) is 2. The predicted octanol–water partition coefficient (Wildman–Crippen LogP) is 3.53. The molecule has 0 bridgehead atoms. The Hall–Kier alpha value is -2.10. The molecule has 0 saturated carbocycles. The molecular formula is C16H22N4. The van der Waals surface area contributed by atoms with E-state index >= 15 is 0 Å². The molecule has 0 unspecified atom stereocenters. The molecule has 1 aromatic heterocycles. The van der Waals surface area contributed by atoms with E-state index in [9.17, 15) is 0 Å². The van der Waals surface area contributed by atoms with E-state index in [1.807, 2.05) is 13.0 Å². The van der Waals surface area contributed by atoms with Gasteiger partial charge in [0.15, 0.2) is 0 Å². The minimum atomic E-state index is 0.673. The van der Waals surface area contributed by atoms with Crippen LogP contribution in [0.1, 0.15) is 30.2 Å². The minimum absolute atomic E-state index is 0.673. The lowest BCUT2D eigenvalue weighted by Gasteiger charge is -2.10. The second-order valence-corrected chi connectivity index (χ2v) is 4.92. The molecule has 0 fully saturated rings. The predicted molar refractivity (Wildman–Crippen MR) is 84.1 cm³/mol. The average molecular weight is 270 g/mol. The number of benzene rings is 1. The van der Waals surface area contributed by atoms with Crippen molar-refractivity contribution >= 4 is 11.8 Å². The van der Waals surface area contributed by atoms with Gasteiger partial charge in [0.05, 0.1) is 0 Å². The molecular weight excluding hydrogens is 248 g/mol. The fraction of sp³-hybridized carbons (Fsp3) is 0.375. The van der Waals surface area contributed by atoms with Crippen LogP contribution in [-0.4, -0.2) is 16.5 Å². The van der Waals surface area contributed by atoms with Crippen molar-refractivity contribution in [3.05, 3.63) is 47.2 Å². The largest absolute Gasteiger partial charge is 0.370 e. The van der Waals surface area contributed by atoms with Gasteiger partial charge in [0.1, 0.15) is 5.82 Å². The number of anilines is 2. The number of nitrogens with one attached hydrogen (secondary N) is 2. The standard InChI is InChI=1S/C16H22N4/c1-4-9-17-15-10-13(3)19-16(20-15)18-11-14-8-6-5-7-12(14)2/h5-8,10H,4,9,11H2,1-3H3,(H2,17,18,19,20). The van der Waals surface area contributed by atoms with Crippen molar-refractivity contribution in [3.8, 4) is 0 Å². The molecule has 0 spiro atoms. The fourth-order valence-corrected chi connectivity index (χ4v) is 1.97. The summed E-state index contributed by atoms with van der Waals surface area (Å²) in [6.45, 7) is 7.90. The molecule has 2 rings (SSSR count). The van der Waals surface area contributed by atoms with Crippen LogP contribution in [0.4, 0.5) is 11.8 Å². The van der Waals surface area contributed by atoms with Crippen LogP contribution in [0.2, 0.25) is 0 Å². The second kappa shape index (κ2) is 6.89. The zero-order valence-electron chi connectivity index (χ0n) is 12.4. The van der Waals surface area contributed by atoms with Gasteiger partial charge in [0.2, 0.25) is 5.95 Å². The number of aromatic nitrogens is 2. The van der Waals surface area contributed by atoms with Gasteiger partial charge in [-0.25, -0.2) is 4.98 Å². The molecule has 1 aromatic carbocycles. The maximum atomic E-state index is 4.48. The van der Waals surface area contributed by atoms with Gasteiger partial charge in [0, 0.05) is 24.8 Å². The molecule has 0 amide bonds. The summed E-state index contributed by atoms with van der Waals surface area (Å²) < 4.78 is 0. The highest BCUT2D eigenvalue weighted by Crippen LogP contribution is 2.12. The SMILES string of the molecule is CCCNc1cc(C)nc(NCc2ccccc2C)n1. The normalized spacial score (nSPS) is 10.3. The first-order chi connectivity index (χ1) is 9.69. The molecule has 2 N–H and O–H groups in total. The van der Waals surface area contributed by atoms with E-state index in [0.29, 0.717) is 5.95 Å². The number of aryl methyl sites for hydroxylation is 2. The van der Waals surface area contributed by atoms with Gasteiger partial charge in [-0.1, -0.05) is 31.2 Å². The molecule has 20 heavy (non-hydrogen) atoms. The summed E-state index contributed by atoms with van der Waals surface area (Å²) in [5.74, 6) is 1.55. The molecule has 4 heteroatoms. The topological polar surface area (TPSA) is 49.8 Å². The molecule has 2 aromatic rings. The third-order valence-corrected chi connectivity index (χ3v) is 3.11. The van der Waals surface area contributed by atoms with E-state index in [2.05, 4.69) is 58.7 Å². The van der Waals surface area contributed by atoms with Crippen LogP contribution in [0.5, 0.6) is 0 Å². The third-order valence-electron chi connectivity index (χ3n) is 3.11. The van der Waals surface area contributed by atoms with Crippen LogP contribution in [-0.2, 0) is 6.54 Å². The summed E-state index contributed by atoms with van der Waals surface area (Å²) in [6.07, 6.45) is 1.08.